The first kappa shape index (κ1) is 22.3. The molecule has 170 valence electrons. The van der Waals surface area contributed by atoms with E-state index in [1.54, 1.807) is 23.0 Å². The van der Waals surface area contributed by atoms with Gasteiger partial charge in [-0.05, 0) is 54.7 Å². The van der Waals surface area contributed by atoms with E-state index in [4.69, 9.17) is 9.15 Å². The fourth-order valence-electron chi connectivity index (χ4n) is 3.49. The molecule has 1 amide bonds. The van der Waals surface area contributed by atoms with E-state index in [0.717, 1.165) is 22.4 Å². The average molecular weight is 445 g/mol. The summed E-state index contributed by atoms with van der Waals surface area (Å²) in [6.45, 7) is 9.12. The average Bonchev–Trinajstić information content (AvgIpc) is 3.43. The third kappa shape index (κ3) is 5.49. The summed E-state index contributed by atoms with van der Waals surface area (Å²) in [5.74, 6) is 1.89. The van der Waals surface area contributed by atoms with Crippen molar-refractivity contribution in [2.45, 2.75) is 46.8 Å². The molecule has 0 bridgehead atoms. The lowest BCUT2D eigenvalue weighted by molar-refractivity contribution is 0.0991. The van der Waals surface area contributed by atoms with Crippen LogP contribution in [-0.4, -0.2) is 20.7 Å². The van der Waals surface area contributed by atoms with E-state index in [0.29, 0.717) is 24.2 Å². The van der Waals surface area contributed by atoms with Crippen LogP contribution in [0.2, 0.25) is 0 Å². The maximum absolute atomic E-state index is 12.7. The molecule has 0 fully saturated rings. The van der Waals surface area contributed by atoms with Crippen molar-refractivity contribution in [1.82, 2.24) is 14.8 Å². The van der Waals surface area contributed by atoms with Gasteiger partial charge in [-0.15, -0.1) is 10.2 Å². The quantitative estimate of drug-likeness (QED) is 0.389. The summed E-state index contributed by atoms with van der Waals surface area (Å²) in [7, 11) is 0. The molecule has 0 saturated carbocycles. The van der Waals surface area contributed by atoms with Crippen molar-refractivity contribution in [3.8, 4) is 5.75 Å². The van der Waals surface area contributed by atoms with Gasteiger partial charge < -0.3 is 9.15 Å². The van der Waals surface area contributed by atoms with Crippen molar-refractivity contribution in [1.29, 1.82) is 0 Å². The highest BCUT2D eigenvalue weighted by Crippen LogP contribution is 2.28. The molecule has 0 unspecified atom stereocenters. The second-order valence-electron chi connectivity index (χ2n) is 8.47. The summed E-state index contributed by atoms with van der Waals surface area (Å²) in [6, 6.07) is 17.7. The topological polar surface area (TPSA) is 82.2 Å². The Bertz CT molecular complexity index is 1240. The molecule has 0 spiro atoms. The van der Waals surface area contributed by atoms with Crippen LogP contribution in [0.15, 0.2) is 65.3 Å². The molecule has 0 aliphatic carbocycles. The van der Waals surface area contributed by atoms with E-state index in [1.807, 2.05) is 44.2 Å². The van der Waals surface area contributed by atoms with Crippen LogP contribution in [0.3, 0.4) is 0 Å². The number of anilines is 1. The second kappa shape index (κ2) is 9.73. The Morgan fingerprint density at radius 1 is 1.06 bits per heavy atom. The summed E-state index contributed by atoms with van der Waals surface area (Å²) in [5, 5.41) is 10.7. The maximum Gasteiger partial charge on any atom is 0.293 e. The standard InChI is InChI=1S/C26H28N4O3/c1-17(2)22-11-7-19(4)13-24(22)32-15-21-10-12-23(33-21)25(31)28-26-29-27-16-30(26)14-20-8-5-18(3)6-9-20/h5-13,16-17H,14-15H2,1-4H3,(H,28,29,31). The zero-order chi connectivity index (χ0) is 23.4. The second-order valence-corrected chi connectivity index (χ2v) is 8.47. The van der Waals surface area contributed by atoms with Crippen LogP contribution in [0.5, 0.6) is 5.75 Å². The molecule has 0 saturated heterocycles. The highest BCUT2D eigenvalue weighted by atomic mass is 16.5. The first-order chi connectivity index (χ1) is 15.9. The monoisotopic (exact) mass is 444 g/mol. The molecule has 4 rings (SSSR count). The number of aromatic nitrogens is 3. The van der Waals surface area contributed by atoms with Gasteiger partial charge in [0.15, 0.2) is 5.76 Å². The molecule has 0 aliphatic rings. The number of hydrogen-bond acceptors (Lipinski definition) is 5. The summed E-state index contributed by atoms with van der Waals surface area (Å²) in [6.07, 6.45) is 1.59. The number of furan rings is 1. The number of nitrogens with one attached hydrogen (secondary N) is 1. The minimum atomic E-state index is -0.391. The van der Waals surface area contributed by atoms with Gasteiger partial charge in [0.05, 0.1) is 6.54 Å². The molecule has 2 aromatic heterocycles. The first-order valence-corrected chi connectivity index (χ1v) is 11.0. The normalized spacial score (nSPS) is 11.1. The van der Waals surface area contributed by atoms with Gasteiger partial charge in [-0.1, -0.05) is 55.8 Å². The maximum atomic E-state index is 12.7. The third-order valence-corrected chi connectivity index (χ3v) is 5.36. The highest BCUT2D eigenvalue weighted by Gasteiger charge is 2.16. The van der Waals surface area contributed by atoms with E-state index in [1.165, 1.54) is 5.56 Å². The van der Waals surface area contributed by atoms with E-state index in [2.05, 4.69) is 41.5 Å². The summed E-state index contributed by atoms with van der Waals surface area (Å²) in [4.78, 5) is 12.7. The van der Waals surface area contributed by atoms with Gasteiger partial charge in [-0.3, -0.25) is 14.7 Å². The Hall–Kier alpha value is -3.87. The zero-order valence-electron chi connectivity index (χ0n) is 19.3. The van der Waals surface area contributed by atoms with Crippen molar-refractivity contribution in [2.75, 3.05) is 5.32 Å². The highest BCUT2D eigenvalue weighted by molar-refractivity contribution is 6.01. The number of hydrogen-bond donors (Lipinski definition) is 1. The minimum absolute atomic E-state index is 0.187. The molecule has 33 heavy (non-hydrogen) atoms. The molecular formula is C26H28N4O3. The number of ether oxygens (including phenoxy) is 1. The van der Waals surface area contributed by atoms with Crippen LogP contribution < -0.4 is 10.1 Å². The van der Waals surface area contributed by atoms with Gasteiger partial charge in [0, 0.05) is 0 Å². The number of rotatable bonds is 8. The van der Waals surface area contributed by atoms with Gasteiger partial charge in [0.2, 0.25) is 5.95 Å². The molecule has 2 heterocycles. The summed E-state index contributed by atoms with van der Waals surface area (Å²) in [5.41, 5.74) is 4.54. The molecule has 7 heteroatoms. The number of nitrogens with zero attached hydrogens (tertiary/aromatic N) is 3. The van der Waals surface area contributed by atoms with E-state index in [-0.39, 0.29) is 12.4 Å². The molecule has 1 N–H and O–H groups in total. The predicted molar refractivity (Wildman–Crippen MR) is 127 cm³/mol. The van der Waals surface area contributed by atoms with Crippen LogP contribution in [-0.2, 0) is 13.2 Å². The Morgan fingerprint density at radius 3 is 2.58 bits per heavy atom. The third-order valence-electron chi connectivity index (χ3n) is 5.36. The zero-order valence-corrected chi connectivity index (χ0v) is 19.3. The molecule has 4 aromatic rings. The predicted octanol–water partition coefficient (Wildman–Crippen LogP) is 5.49. The van der Waals surface area contributed by atoms with Crippen LogP contribution in [0.4, 0.5) is 5.95 Å². The number of carbonyl (C=O) groups is 1. The Balaban J connectivity index is 1.40. The van der Waals surface area contributed by atoms with Crippen LogP contribution in [0.1, 0.15) is 58.3 Å². The summed E-state index contributed by atoms with van der Waals surface area (Å²) < 4.78 is 13.5. The van der Waals surface area contributed by atoms with E-state index in [9.17, 15) is 4.79 Å². The van der Waals surface area contributed by atoms with Gasteiger partial charge in [0.1, 0.15) is 24.4 Å². The van der Waals surface area contributed by atoms with Crippen molar-refractivity contribution in [2.24, 2.45) is 0 Å². The van der Waals surface area contributed by atoms with Crippen LogP contribution in [0.25, 0.3) is 0 Å². The molecule has 0 atom stereocenters. The fraction of sp³-hybridized carbons (Fsp3) is 0.269. The first-order valence-electron chi connectivity index (χ1n) is 11.0. The minimum Gasteiger partial charge on any atom is -0.485 e. The fourth-order valence-corrected chi connectivity index (χ4v) is 3.49. The SMILES string of the molecule is Cc1ccc(Cn2cnnc2NC(=O)c2ccc(COc3cc(C)ccc3C(C)C)o2)cc1. The molecule has 2 aromatic carbocycles. The largest absolute Gasteiger partial charge is 0.485 e. The lowest BCUT2D eigenvalue weighted by Gasteiger charge is -2.14. The molecule has 7 nitrogen and oxygen atoms in total. The number of benzene rings is 2. The Labute approximate surface area is 193 Å². The van der Waals surface area contributed by atoms with Gasteiger partial charge >= 0.3 is 0 Å². The smallest absolute Gasteiger partial charge is 0.293 e. The van der Waals surface area contributed by atoms with Gasteiger partial charge in [-0.2, -0.15) is 0 Å². The number of carbonyl (C=O) groups excluding carboxylic acids is 1. The van der Waals surface area contributed by atoms with E-state index >= 15 is 0 Å². The van der Waals surface area contributed by atoms with Gasteiger partial charge in [-0.25, -0.2) is 0 Å². The molecule has 0 radical (unpaired) electrons. The van der Waals surface area contributed by atoms with Crippen LogP contribution >= 0.6 is 0 Å². The van der Waals surface area contributed by atoms with Crippen molar-refractivity contribution < 1.29 is 13.9 Å². The molecule has 0 aliphatic heterocycles. The lowest BCUT2D eigenvalue weighted by atomic mass is 10.0. The Morgan fingerprint density at radius 2 is 1.82 bits per heavy atom. The van der Waals surface area contributed by atoms with Crippen LogP contribution in [0, 0.1) is 13.8 Å². The van der Waals surface area contributed by atoms with Crippen molar-refractivity contribution in [3.05, 3.63) is 94.7 Å². The Kier molecular flexibility index (Phi) is 6.58. The van der Waals surface area contributed by atoms with Gasteiger partial charge in [0.25, 0.3) is 5.91 Å². The van der Waals surface area contributed by atoms with Crippen molar-refractivity contribution in [3.63, 3.8) is 0 Å². The summed E-state index contributed by atoms with van der Waals surface area (Å²) >= 11 is 0. The van der Waals surface area contributed by atoms with E-state index < -0.39 is 5.91 Å². The molecular weight excluding hydrogens is 416 g/mol. The van der Waals surface area contributed by atoms with Crippen molar-refractivity contribution >= 4 is 11.9 Å². The number of amides is 1. The lowest BCUT2D eigenvalue weighted by Crippen LogP contribution is -2.15. The number of aryl methyl sites for hydroxylation is 2.